The van der Waals surface area contributed by atoms with E-state index in [-0.39, 0.29) is 0 Å². The zero-order valence-electron chi connectivity index (χ0n) is 9.16. The van der Waals surface area contributed by atoms with E-state index in [1.807, 2.05) is 0 Å². The molecule has 92 valence electrons. The molecule has 0 aliphatic rings. The Morgan fingerprint density at radius 1 is 1.44 bits per heavy atom. The Morgan fingerprint density at radius 2 is 1.88 bits per heavy atom. The Kier molecular flexibility index (Phi) is 7.82. The average molecular weight is 281 g/mol. The van der Waals surface area contributed by atoms with E-state index in [0.717, 1.165) is 12.3 Å². The highest BCUT2D eigenvalue weighted by molar-refractivity contribution is 7.98. The summed E-state index contributed by atoms with van der Waals surface area (Å²) >= 11 is 5.92. The van der Waals surface area contributed by atoms with Crippen molar-refractivity contribution in [3.63, 3.8) is 0 Å². The van der Waals surface area contributed by atoms with Crippen LogP contribution in [-0.2, 0) is 16.7 Å². The van der Waals surface area contributed by atoms with Crippen LogP contribution in [0.1, 0.15) is 0 Å². The number of hydrogen-bond acceptors (Lipinski definition) is 5. The van der Waals surface area contributed by atoms with E-state index in [9.17, 15) is 0 Å². The van der Waals surface area contributed by atoms with E-state index in [4.69, 9.17) is 13.0 Å². The predicted octanol–water partition coefficient (Wildman–Crippen LogP) is 0.787. The van der Waals surface area contributed by atoms with Gasteiger partial charge in [-0.15, -0.1) is 11.8 Å². The first kappa shape index (κ1) is 15.8. The van der Waals surface area contributed by atoms with Gasteiger partial charge in [0.05, 0.1) is 10.1 Å². The standard InChI is InChI=1S/C8H11NS2.CH4O3S/c1-11-8-2-4-9(5-3-8)6-7-10;1-5(2,3)4/h2-5H,6-7H2,1H3;1H3,(H,2,3,4). The summed E-state index contributed by atoms with van der Waals surface area (Å²) in [6, 6.07) is 4.24. The van der Waals surface area contributed by atoms with Crippen LogP contribution in [0.3, 0.4) is 0 Å². The maximum absolute atomic E-state index is 9.08. The second-order valence-corrected chi connectivity index (χ2v) is 5.64. The fourth-order valence-corrected chi connectivity index (χ4v) is 1.47. The zero-order valence-corrected chi connectivity index (χ0v) is 11.7. The quantitative estimate of drug-likeness (QED) is 0.385. The summed E-state index contributed by atoms with van der Waals surface area (Å²) in [6.45, 7) is 0.984. The van der Waals surface area contributed by atoms with Crippen molar-refractivity contribution in [1.29, 1.82) is 0 Å². The molecule has 0 spiro atoms. The van der Waals surface area contributed by atoms with E-state index in [0.29, 0.717) is 6.26 Å². The van der Waals surface area contributed by atoms with Gasteiger partial charge in [-0.05, 0) is 6.26 Å². The summed E-state index contributed by atoms with van der Waals surface area (Å²) in [7, 11) is -3.92. The van der Waals surface area contributed by atoms with Gasteiger partial charge in [-0.3, -0.25) is 0 Å². The van der Waals surface area contributed by atoms with Crippen LogP contribution >= 0.6 is 24.4 Å². The lowest BCUT2D eigenvalue weighted by Gasteiger charge is -1.94. The van der Waals surface area contributed by atoms with Crippen molar-refractivity contribution in [2.75, 3.05) is 18.3 Å². The molecular formula is C9H15NO3S3. The van der Waals surface area contributed by atoms with Gasteiger partial charge in [-0.25, -0.2) is 13.0 Å². The van der Waals surface area contributed by atoms with Crippen LogP contribution in [0.4, 0.5) is 0 Å². The van der Waals surface area contributed by atoms with Gasteiger partial charge in [0.25, 0.3) is 0 Å². The molecule has 1 rings (SSSR count). The van der Waals surface area contributed by atoms with Crippen LogP contribution < -0.4 is 4.57 Å². The van der Waals surface area contributed by atoms with Crippen LogP contribution in [0.2, 0.25) is 0 Å². The molecule has 0 N–H and O–H groups in total. The summed E-state index contributed by atoms with van der Waals surface area (Å²) in [5.41, 5.74) is 0. The maximum Gasteiger partial charge on any atom is 0.169 e. The number of nitrogens with zero attached hydrogens (tertiary/aromatic N) is 1. The van der Waals surface area contributed by atoms with E-state index in [1.54, 1.807) is 11.8 Å². The number of hydrogen-bond donors (Lipinski definition) is 1. The Labute approximate surface area is 106 Å². The smallest absolute Gasteiger partial charge is 0.169 e. The van der Waals surface area contributed by atoms with Crippen molar-refractivity contribution < 1.29 is 17.5 Å². The fourth-order valence-electron chi connectivity index (χ4n) is 0.844. The average Bonchev–Trinajstić information content (AvgIpc) is 2.17. The van der Waals surface area contributed by atoms with Gasteiger partial charge in [0, 0.05) is 29.0 Å². The SMILES string of the molecule is CS(=O)(=O)[O-].CSc1cc[n+](CCS)cc1. The van der Waals surface area contributed by atoms with Gasteiger partial charge in [-0.1, -0.05) is 0 Å². The molecule has 0 saturated heterocycles. The second-order valence-electron chi connectivity index (χ2n) is 2.90. The maximum atomic E-state index is 9.08. The molecule has 0 aliphatic carbocycles. The van der Waals surface area contributed by atoms with Crippen molar-refractivity contribution in [2.24, 2.45) is 0 Å². The highest BCUT2D eigenvalue weighted by atomic mass is 32.2. The third-order valence-corrected chi connectivity index (χ3v) is 2.40. The van der Waals surface area contributed by atoms with Gasteiger partial charge < -0.3 is 4.55 Å². The largest absolute Gasteiger partial charge is 0.748 e. The lowest BCUT2D eigenvalue weighted by Crippen LogP contribution is -2.33. The summed E-state index contributed by atoms with van der Waals surface area (Å²) in [5, 5.41) is 0. The fraction of sp³-hybridized carbons (Fsp3) is 0.444. The molecule has 0 atom stereocenters. The molecule has 0 saturated carbocycles. The van der Waals surface area contributed by atoms with Crippen molar-refractivity contribution in [1.82, 2.24) is 0 Å². The first-order chi connectivity index (χ1) is 7.36. The van der Waals surface area contributed by atoms with Crippen LogP contribution in [-0.4, -0.2) is 31.2 Å². The minimum atomic E-state index is -3.92. The number of aromatic nitrogens is 1. The van der Waals surface area contributed by atoms with Gasteiger partial charge >= 0.3 is 0 Å². The van der Waals surface area contributed by atoms with E-state index >= 15 is 0 Å². The minimum Gasteiger partial charge on any atom is -0.748 e. The zero-order chi connectivity index (χ0) is 12.6. The lowest BCUT2D eigenvalue weighted by atomic mass is 10.5. The molecule has 16 heavy (non-hydrogen) atoms. The summed E-state index contributed by atoms with van der Waals surface area (Å²) in [5.74, 6) is 0.892. The van der Waals surface area contributed by atoms with E-state index in [2.05, 4.69) is 48.0 Å². The third kappa shape index (κ3) is 10.3. The van der Waals surface area contributed by atoms with Gasteiger partial charge in [0.15, 0.2) is 18.9 Å². The Bertz CT molecular complexity index is 381. The Morgan fingerprint density at radius 3 is 2.19 bits per heavy atom. The normalized spacial score (nSPS) is 10.5. The van der Waals surface area contributed by atoms with Gasteiger partial charge in [0.1, 0.15) is 0 Å². The summed E-state index contributed by atoms with van der Waals surface area (Å²) < 4.78 is 29.4. The van der Waals surface area contributed by atoms with Crippen LogP contribution in [0.25, 0.3) is 0 Å². The van der Waals surface area contributed by atoms with Crippen molar-refractivity contribution >= 4 is 34.5 Å². The van der Waals surface area contributed by atoms with Crippen molar-refractivity contribution in [2.45, 2.75) is 11.4 Å². The molecule has 4 nitrogen and oxygen atoms in total. The Balaban J connectivity index is 0.000000385. The summed E-state index contributed by atoms with van der Waals surface area (Å²) in [6.07, 6.45) is 6.86. The molecule has 7 heteroatoms. The number of aryl methyl sites for hydroxylation is 1. The van der Waals surface area contributed by atoms with E-state index in [1.165, 1.54) is 4.90 Å². The molecule has 0 radical (unpaired) electrons. The predicted molar refractivity (Wildman–Crippen MR) is 67.9 cm³/mol. The number of pyridine rings is 1. The molecule has 0 amide bonds. The van der Waals surface area contributed by atoms with E-state index < -0.39 is 10.1 Å². The van der Waals surface area contributed by atoms with Crippen LogP contribution in [0.5, 0.6) is 0 Å². The molecular weight excluding hydrogens is 266 g/mol. The molecule has 1 heterocycles. The van der Waals surface area contributed by atoms with Gasteiger partial charge in [0.2, 0.25) is 0 Å². The summed E-state index contributed by atoms with van der Waals surface area (Å²) in [4.78, 5) is 1.31. The van der Waals surface area contributed by atoms with Crippen LogP contribution in [0.15, 0.2) is 29.4 Å². The number of thiol groups is 1. The highest BCUT2D eigenvalue weighted by Gasteiger charge is 1.96. The highest BCUT2D eigenvalue weighted by Crippen LogP contribution is 2.10. The Hall–Kier alpha value is -0.240. The lowest BCUT2D eigenvalue weighted by molar-refractivity contribution is -0.692. The minimum absolute atomic E-state index is 0.604. The topological polar surface area (TPSA) is 61.1 Å². The first-order valence-electron chi connectivity index (χ1n) is 4.41. The first-order valence-corrected chi connectivity index (χ1v) is 8.09. The molecule has 0 aliphatic heterocycles. The third-order valence-electron chi connectivity index (χ3n) is 1.45. The van der Waals surface area contributed by atoms with Crippen LogP contribution in [0, 0.1) is 0 Å². The molecule has 0 fully saturated rings. The molecule has 1 aromatic heterocycles. The van der Waals surface area contributed by atoms with Crippen molar-refractivity contribution in [3.8, 4) is 0 Å². The number of rotatable bonds is 3. The van der Waals surface area contributed by atoms with Gasteiger partial charge in [-0.2, -0.15) is 12.6 Å². The van der Waals surface area contributed by atoms with Crippen molar-refractivity contribution in [3.05, 3.63) is 24.5 Å². The molecule has 1 aromatic rings. The molecule has 0 unspecified atom stereocenters. The second kappa shape index (κ2) is 7.94. The molecule has 0 aromatic carbocycles. The number of thioether (sulfide) groups is 1. The molecule has 0 bridgehead atoms. The monoisotopic (exact) mass is 281 g/mol.